The van der Waals surface area contributed by atoms with Gasteiger partial charge in [-0.25, -0.2) is 0 Å². The summed E-state index contributed by atoms with van der Waals surface area (Å²) in [6, 6.07) is 6.55. The van der Waals surface area contributed by atoms with Crippen molar-refractivity contribution in [1.82, 2.24) is 0 Å². The van der Waals surface area contributed by atoms with E-state index in [1.165, 1.54) is 30.5 Å². The maximum atomic E-state index is 5.96. The molecule has 1 aromatic carbocycles. The van der Waals surface area contributed by atoms with E-state index in [1.54, 1.807) is 7.11 Å². The van der Waals surface area contributed by atoms with Crippen molar-refractivity contribution in [2.75, 3.05) is 25.1 Å². The van der Waals surface area contributed by atoms with Gasteiger partial charge in [-0.1, -0.05) is 0 Å². The van der Waals surface area contributed by atoms with Crippen LogP contribution in [0.5, 0.6) is 5.75 Å². The molecule has 1 heterocycles. The van der Waals surface area contributed by atoms with Gasteiger partial charge in [0.25, 0.3) is 0 Å². The Morgan fingerprint density at radius 2 is 2.00 bits per heavy atom. The van der Waals surface area contributed by atoms with Crippen LogP contribution >= 0.6 is 0 Å². The van der Waals surface area contributed by atoms with Crippen molar-refractivity contribution in [3.8, 4) is 5.75 Å². The molecular formula is C15H24N2O. The molecule has 2 rings (SSSR count). The predicted octanol–water partition coefficient (Wildman–Crippen LogP) is 2.58. The molecule has 0 spiro atoms. The number of methoxy groups -OCH3 is 1. The lowest BCUT2D eigenvalue weighted by Gasteiger charge is -2.31. The third-order valence-electron chi connectivity index (χ3n) is 3.53. The van der Waals surface area contributed by atoms with E-state index in [-0.39, 0.29) is 6.04 Å². The molecule has 0 radical (unpaired) electrons. The standard InChI is InChI=1S/C15H24N2O/c1-12(16)10-13-11-14(18-2)6-7-15(13)17-8-4-3-5-9-17/h6-7,11-12H,3-5,8-10,16H2,1-2H3. The average Bonchev–Trinajstić information content (AvgIpc) is 2.39. The fourth-order valence-electron chi connectivity index (χ4n) is 2.64. The molecule has 1 fully saturated rings. The molecule has 1 unspecified atom stereocenters. The van der Waals surface area contributed by atoms with Crippen LogP contribution in [-0.4, -0.2) is 26.2 Å². The summed E-state index contributed by atoms with van der Waals surface area (Å²) in [7, 11) is 1.71. The van der Waals surface area contributed by atoms with Crippen molar-refractivity contribution in [1.29, 1.82) is 0 Å². The van der Waals surface area contributed by atoms with Crippen molar-refractivity contribution in [2.24, 2.45) is 5.73 Å². The first kappa shape index (κ1) is 13.2. The second-order valence-corrected chi connectivity index (χ2v) is 5.22. The van der Waals surface area contributed by atoms with E-state index in [1.807, 2.05) is 0 Å². The summed E-state index contributed by atoms with van der Waals surface area (Å²) in [6.07, 6.45) is 4.85. The van der Waals surface area contributed by atoms with Crippen molar-refractivity contribution in [2.45, 2.75) is 38.6 Å². The Balaban J connectivity index is 2.25. The van der Waals surface area contributed by atoms with Gasteiger partial charge in [-0.3, -0.25) is 0 Å². The van der Waals surface area contributed by atoms with E-state index in [2.05, 4.69) is 30.0 Å². The molecule has 18 heavy (non-hydrogen) atoms. The first-order chi connectivity index (χ1) is 8.70. The highest BCUT2D eigenvalue weighted by molar-refractivity contribution is 5.57. The number of ether oxygens (including phenoxy) is 1. The fraction of sp³-hybridized carbons (Fsp3) is 0.600. The molecule has 0 aromatic heterocycles. The maximum absolute atomic E-state index is 5.96. The molecule has 1 atom stereocenters. The van der Waals surface area contributed by atoms with E-state index in [0.717, 1.165) is 25.3 Å². The summed E-state index contributed by atoms with van der Waals surface area (Å²) in [5.74, 6) is 0.923. The predicted molar refractivity (Wildman–Crippen MR) is 76.4 cm³/mol. The largest absolute Gasteiger partial charge is 0.497 e. The molecule has 2 N–H and O–H groups in total. The van der Waals surface area contributed by atoms with Gasteiger partial charge in [-0.15, -0.1) is 0 Å². The zero-order chi connectivity index (χ0) is 13.0. The van der Waals surface area contributed by atoms with Gasteiger partial charge in [0.15, 0.2) is 0 Å². The van der Waals surface area contributed by atoms with E-state index < -0.39 is 0 Å². The highest BCUT2D eigenvalue weighted by atomic mass is 16.5. The Morgan fingerprint density at radius 1 is 1.28 bits per heavy atom. The molecule has 0 amide bonds. The molecule has 1 saturated heterocycles. The minimum absolute atomic E-state index is 0.181. The van der Waals surface area contributed by atoms with Gasteiger partial charge in [-0.2, -0.15) is 0 Å². The molecule has 3 nitrogen and oxygen atoms in total. The van der Waals surface area contributed by atoms with Crippen LogP contribution in [0, 0.1) is 0 Å². The summed E-state index contributed by atoms with van der Waals surface area (Å²) in [5.41, 5.74) is 8.61. The number of anilines is 1. The summed E-state index contributed by atoms with van der Waals surface area (Å²) in [6.45, 7) is 4.38. The number of hydrogen-bond donors (Lipinski definition) is 1. The Morgan fingerprint density at radius 3 is 2.61 bits per heavy atom. The second-order valence-electron chi connectivity index (χ2n) is 5.22. The van der Waals surface area contributed by atoms with Crippen LogP contribution in [0.25, 0.3) is 0 Å². The number of hydrogen-bond acceptors (Lipinski definition) is 3. The Hall–Kier alpha value is -1.22. The van der Waals surface area contributed by atoms with Gasteiger partial charge < -0.3 is 15.4 Å². The van der Waals surface area contributed by atoms with E-state index in [4.69, 9.17) is 10.5 Å². The van der Waals surface area contributed by atoms with Crippen LogP contribution in [0.15, 0.2) is 18.2 Å². The molecular weight excluding hydrogens is 224 g/mol. The quantitative estimate of drug-likeness (QED) is 0.890. The lowest BCUT2D eigenvalue weighted by Crippen LogP contribution is -2.31. The fourth-order valence-corrected chi connectivity index (χ4v) is 2.64. The van der Waals surface area contributed by atoms with Gasteiger partial charge in [0.2, 0.25) is 0 Å². The first-order valence-electron chi connectivity index (χ1n) is 6.88. The molecule has 0 saturated carbocycles. The zero-order valence-corrected chi connectivity index (χ0v) is 11.5. The zero-order valence-electron chi connectivity index (χ0n) is 11.5. The molecule has 1 aromatic rings. The topological polar surface area (TPSA) is 38.5 Å². The number of piperidine rings is 1. The van der Waals surface area contributed by atoms with E-state index >= 15 is 0 Å². The van der Waals surface area contributed by atoms with Gasteiger partial charge in [0, 0.05) is 24.8 Å². The van der Waals surface area contributed by atoms with Crippen LogP contribution in [-0.2, 0) is 6.42 Å². The van der Waals surface area contributed by atoms with Gasteiger partial charge >= 0.3 is 0 Å². The number of nitrogens with two attached hydrogens (primary N) is 1. The van der Waals surface area contributed by atoms with Crippen molar-refractivity contribution < 1.29 is 4.74 Å². The highest BCUT2D eigenvalue weighted by Gasteiger charge is 2.15. The summed E-state index contributed by atoms with van der Waals surface area (Å²) >= 11 is 0. The molecule has 0 aliphatic carbocycles. The number of nitrogens with zero attached hydrogens (tertiary/aromatic N) is 1. The summed E-state index contributed by atoms with van der Waals surface area (Å²) in [5, 5.41) is 0. The van der Waals surface area contributed by atoms with Gasteiger partial charge in [0.05, 0.1) is 7.11 Å². The van der Waals surface area contributed by atoms with Crippen LogP contribution < -0.4 is 15.4 Å². The lowest BCUT2D eigenvalue weighted by molar-refractivity contribution is 0.414. The number of benzene rings is 1. The minimum atomic E-state index is 0.181. The van der Waals surface area contributed by atoms with E-state index in [9.17, 15) is 0 Å². The highest BCUT2D eigenvalue weighted by Crippen LogP contribution is 2.28. The average molecular weight is 248 g/mol. The number of rotatable bonds is 4. The third kappa shape index (κ3) is 3.16. The second kappa shape index (κ2) is 6.10. The molecule has 0 bridgehead atoms. The Labute approximate surface area is 110 Å². The monoisotopic (exact) mass is 248 g/mol. The molecule has 1 aliphatic rings. The van der Waals surface area contributed by atoms with Gasteiger partial charge in [0.1, 0.15) is 5.75 Å². The van der Waals surface area contributed by atoms with Crippen molar-refractivity contribution >= 4 is 5.69 Å². The van der Waals surface area contributed by atoms with Crippen molar-refractivity contribution in [3.63, 3.8) is 0 Å². The van der Waals surface area contributed by atoms with Gasteiger partial charge in [-0.05, 0) is 56.4 Å². The minimum Gasteiger partial charge on any atom is -0.497 e. The smallest absolute Gasteiger partial charge is 0.119 e. The maximum Gasteiger partial charge on any atom is 0.119 e. The summed E-state index contributed by atoms with van der Waals surface area (Å²) < 4.78 is 5.32. The van der Waals surface area contributed by atoms with Crippen LogP contribution in [0.3, 0.4) is 0 Å². The normalized spacial score (nSPS) is 17.6. The third-order valence-corrected chi connectivity index (χ3v) is 3.53. The molecule has 1 aliphatic heterocycles. The molecule has 100 valence electrons. The Bertz CT molecular complexity index is 384. The van der Waals surface area contributed by atoms with Crippen LogP contribution in [0.4, 0.5) is 5.69 Å². The van der Waals surface area contributed by atoms with Crippen LogP contribution in [0.1, 0.15) is 31.7 Å². The van der Waals surface area contributed by atoms with Crippen molar-refractivity contribution in [3.05, 3.63) is 23.8 Å². The Kier molecular flexibility index (Phi) is 4.48. The molecule has 3 heteroatoms. The lowest BCUT2D eigenvalue weighted by atomic mass is 10.0. The van der Waals surface area contributed by atoms with E-state index in [0.29, 0.717) is 0 Å². The summed E-state index contributed by atoms with van der Waals surface area (Å²) in [4.78, 5) is 2.49. The first-order valence-corrected chi connectivity index (χ1v) is 6.88. The van der Waals surface area contributed by atoms with Crippen LogP contribution in [0.2, 0.25) is 0 Å². The SMILES string of the molecule is COc1ccc(N2CCCCC2)c(CC(C)N)c1.